The second-order valence-corrected chi connectivity index (χ2v) is 4.25. The fourth-order valence-electron chi connectivity index (χ4n) is 1.98. The van der Waals surface area contributed by atoms with Crippen molar-refractivity contribution >= 4 is 0 Å². The van der Waals surface area contributed by atoms with E-state index in [1.165, 1.54) is 11.4 Å². The van der Waals surface area contributed by atoms with Crippen LogP contribution in [0.1, 0.15) is 56.9 Å². The molecule has 0 atom stereocenters. The molecule has 1 heterocycles. The Morgan fingerprint density at radius 2 is 1.62 bits per heavy atom. The molecule has 0 spiro atoms. The van der Waals surface area contributed by atoms with E-state index in [4.69, 9.17) is 0 Å². The van der Waals surface area contributed by atoms with Gasteiger partial charge >= 0.3 is 0 Å². The first-order valence-corrected chi connectivity index (χ1v) is 5.00. The summed E-state index contributed by atoms with van der Waals surface area (Å²) in [4.78, 5) is 4.59. The van der Waals surface area contributed by atoms with E-state index in [0.717, 1.165) is 5.82 Å². The minimum absolute atomic E-state index is 0.514. The normalized spacial score (nSPS) is 11.7. The number of aryl methyl sites for hydroxylation is 1. The Labute approximate surface area is 81.0 Å². The van der Waals surface area contributed by atoms with E-state index >= 15 is 0 Å². The van der Waals surface area contributed by atoms with Crippen molar-refractivity contribution in [2.45, 2.75) is 53.5 Å². The van der Waals surface area contributed by atoms with Crippen molar-refractivity contribution in [1.29, 1.82) is 0 Å². The molecule has 0 saturated carbocycles. The fraction of sp³-hybridized carbons (Fsp3) is 0.727. The number of nitrogens with zero attached hydrogens (tertiary/aromatic N) is 2. The van der Waals surface area contributed by atoms with Crippen LogP contribution in [0.3, 0.4) is 0 Å². The van der Waals surface area contributed by atoms with Gasteiger partial charge in [-0.25, -0.2) is 4.98 Å². The summed E-state index contributed by atoms with van der Waals surface area (Å²) in [6, 6.07) is 0.514. The summed E-state index contributed by atoms with van der Waals surface area (Å²) >= 11 is 0. The molecule has 0 aliphatic heterocycles. The summed E-state index contributed by atoms with van der Waals surface area (Å²) in [6.07, 6.45) is 0. The molecule has 0 N–H and O–H groups in total. The summed E-state index contributed by atoms with van der Waals surface area (Å²) in [5, 5.41) is 0. The number of imidazole rings is 1. The lowest BCUT2D eigenvalue weighted by molar-refractivity contribution is 0.568. The zero-order valence-electron chi connectivity index (χ0n) is 9.55. The highest BCUT2D eigenvalue weighted by Gasteiger charge is 2.14. The number of hydrogen-bond acceptors (Lipinski definition) is 1. The number of rotatable bonds is 2. The lowest BCUT2D eigenvalue weighted by Gasteiger charge is -2.12. The van der Waals surface area contributed by atoms with E-state index in [2.05, 4.69) is 51.1 Å². The van der Waals surface area contributed by atoms with E-state index in [-0.39, 0.29) is 0 Å². The maximum Gasteiger partial charge on any atom is 0.106 e. The number of hydrogen-bond donors (Lipinski definition) is 0. The van der Waals surface area contributed by atoms with Gasteiger partial charge < -0.3 is 4.57 Å². The average molecular weight is 180 g/mol. The lowest BCUT2D eigenvalue weighted by atomic mass is 10.1. The molecule has 74 valence electrons. The van der Waals surface area contributed by atoms with Crippen LogP contribution in [0.4, 0.5) is 0 Å². The Hall–Kier alpha value is -0.790. The molecule has 2 heteroatoms. The molecular formula is C11H20N2. The van der Waals surface area contributed by atoms with Crippen molar-refractivity contribution in [1.82, 2.24) is 9.55 Å². The van der Waals surface area contributed by atoms with E-state index in [9.17, 15) is 0 Å². The summed E-state index contributed by atoms with van der Waals surface area (Å²) in [6.45, 7) is 13.0. The molecule has 0 aliphatic carbocycles. The van der Waals surface area contributed by atoms with Gasteiger partial charge in [0, 0.05) is 11.7 Å². The predicted octanol–water partition coefficient (Wildman–Crippen LogP) is 3.20. The standard InChI is InChI=1S/C11H20N2/c1-7(2)11-9(5)13(8(3)4)10(6)12-11/h7-8H,1-6H3. The van der Waals surface area contributed by atoms with Crippen molar-refractivity contribution in [3.05, 3.63) is 17.2 Å². The first kappa shape index (κ1) is 10.3. The van der Waals surface area contributed by atoms with Gasteiger partial charge in [-0.3, -0.25) is 0 Å². The molecule has 0 radical (unpaired) electrons. The zero-order chi connectivity index (χ0) is 10.2. The summed E-state index contributed by atoms with van der Waals surface area (Å²) in [7, 11) is 0. The third-order valence-electron chi connectivity index (χ3n) is 2.43. The van der Waals surface area contributed by atoms with Crippen molar-refractivity contribution in [3.8, 4) is 0 Å². The minimum atomic E-state index is 0.514. The van der Waals surface area contributed by atoms with Crippen LogP contribution in [0.25, 0.3) is 0 Å². The molecule has 13 heavy (non-hydrogen) atoms. The third kappa shape index (κ3) is 1.77. The van der Waals surface area contributed by atoms with Crippen LogP contribution in [0.5, 0.6) is 0 Å². The highest BCUT2D eigenvalue weighted by molar-refractivity contribution is 5.19. The Morgan fingerprint density at radius 3 is 1.85 bits per heavy atom. The summed E-state index contributed by atoms with van der Waals surface area (Å²) < 4.78 is 2.30. The topological polar surface area (TPSA) is 17.8 Å². The Kier molecular flexibility index (Phi) is 2.79. The first-order chi connectivity index (χ1) is 5.95. The van der Waals surface area contributed by atoms with Crippen LogP contribution < -0.4 is 0 Å². The predicted molar refractivity (Wildman–Crippen MR) is 56.2 cm³/mol. The molecule has 0 aromatic carbocycles. The molecule has 0 saturated heterocycles. The second-order valence-electron chi connectivity index (χ2n) is 4.25. The molecule has 1 aromatic heterocycles. The molecule has 0 aliphatic rings. The quantitative estimate of drug-likeness (QED) is 0.683. The van der Waals surface area contributed by atoms with Gasteiger partial charge in [-0.15, -0.1) is 0 Å². The van der Waals surface area contributed by atoms with Crippen molar-refractivity contribution in [3.63, 3.8) is 0 Å². The van der Waals surface area contributed by atoms with Crippen LogP contribution in [-0.2, 0) is 0 Å². The van der Waals surface area contributed by atoms with Crippen LogP contribution in [0.15, 0.2) is 0 Å². The van der Waals surface area contributed by atoms with Gasteiger partial charge in [-0.05, 0) is 33.6 Å². The molecular weight excluding hydrogens is 160 g/mol. The molecule has 0 unspecified atom stereocenters. The molecule has 1 rings (SSSR count). The Bertz CT molecular complexity index is 295. The van der Waals surface area contributed by atoms with Gasteiger partial charge in [-0.2, -0.15) is 0 Å². The largest absolute Gasteiger partial charge is 0.330 e. The Balaban J connectivity index is 3.22. The molecule has 0 amide bonds. The van der Waals surface area contributed by atoms with Crippen LogP contribution in [-0.4, -0.2) is 9.55 Å². The van der Waals surface area contributed by atoms with E-state index < -0.39 is 0 Å². The zero-order valence-corrected chi connectivity index (χ0v) is 9.55. The highest BCUT2D eigenvalue weighted by Crippen LogP contribution is 2.22. The van der Waals surface area contributed by atoms with E-state index in [1.54, 1.807) is 0 Å². The van der Waals surface area contributed by atoms with Crippen molar-refractivity contribution < 1.29 is 0 Å². The monoisotopic (exact) mass is 180 g/mol. The highest BCUT2D eigenvalue weighted by atomic mass is 15.1. The average Bonchev–Trinajstić information content (AvgIpc) is 2.26. The molecule has 2 nitrogen and oxygen atoms in total. The van der Waals surface area contributed by atoms with Crippen LogP contribution in [0.2, 0.25) is 0 Å². The lowest BCUT2D eigenvalue weighted by Crippen LogP contribution is -2.05. The van der Waals surface area contributed by atoms with Gasteiger partial charge in [0.2, 0.25) is 0 Å². The van der Waals surface area contributed by atoms with Gasteiger partial charge in [0.15, 0.2) is 0 Å². The molecule has 0 fully saturated rings. The van der Waals surface area contributed by atoms with Gasteiger partial charge in [0.1, 0.15) is 5.82 Å². The van der Waals surface area contributed by atoms with E-state index in [0.29, 0.717) is 12.0 Å². The van der Waals surface area contributed by atoms with Gasteiger partial charge in [0.05, 0.1) is 5.69 Å². The smallest absolute Gasteiger partial charge is 0.106 e. The van der Waals surface area contributed by atoms with Gasteiger partial charge in [-0.1, -0.05) is 13.8 Å². The molecule has 1 aromatic rings. The van der Waals surface area contributed by atoms with Crippen LogP contribution in [0, 0.1) is 13.8 Å². The van der Waals surface area contributed by atoms with Crippen molar-refractivity contribution in [2.75, 3.05) is 0 Å². The molecule has 0 bridgehead atoms. The summed E-state index contributed by atoms with van der Waals surface area (Å²) in [5.41, 5.74) is 2.56. The van der Waals surface area contributed by atoms with Gasteiger partial charge in [0.25, 0.3) is 0 Å². The maximum absolute atomic E-state index is 4.59. The first-order valence-electron chi connectivity index (χ1n) is 5.00. The SMILES string of the molecule is Cc1nc(C(C)C)c(C)n1C(C)C. The summed E-state index contributed by atoms with van der Waals surface area (Å²) in [5.74, 6) is 1.66. The number of aromatic nitrogens is 2. The Morgan fingerprint density at radius 1 is 1.08 bits per heavy atom. The minimum Gasteiger partial charge on any atom is -0.330 e. The van der Waals surface area contributed by atoms with Crippen molar-refractivity contribution in [2.24, 2.45) is 0 Å². The van der Waals surface area contributed by atoms with E-state index in [1.807, 2.05) is 0 Å². The third-order valence-corrected chi connectivity index (χ3v) is 2.43. The fourth-order valence-corrected chi connectivity index (χ4v) is 1.98. The second kappa shape index (κ2) is 3.52. The maximum atomic E-state index is 4.59. The van der Waals surface area contributed by atoms with Crippen LogP contribution >= 0.6 is 0 Å².